The fraction of sp³-hybridized carbons (Fsp3) is 0.0500. The van der Waals surface area contributed by atoms with Crippen molar-refractivity contribution in [2.24, 2.45) is 0 Å². The number of rotatable bonds is 0. The largest absolute Gasteiger partial charge is 0.490 e. The predicted octanol–water partition coefficient (Wildman–Crippen LogP) is 4.79. The zero-order chi connectivity index (χ0) is 21.6. The number of benzene rings is 1. The van der Waals surface area contributed by atoms with Crippen molar-refractivity contribution in [3.8, 4) is 11.3 Å². The predicted molar refractivity (Wildman–Crippen MR) is 105 cm³/mol. The van der Waals surface area contributed by atoms with Gasteiger partial charge in [0.25, 0.3) is 0 Å². The van der Waals surface area contributed by atoms with E-state index in [2.05, 4.69) is 25.9 Å². The molecule has 30 heavy (non-hydrogen) atoms. The number of para-hydroxylation sites is 1. The normalized spacial score (nSPS) is 12.3. The van der Waals surface area contributed by atoms with Crippen LogP contribution in [0, 0.1) is 0 Å². The lowest BCUT2D eigenvalue weighted by Crippen LogP contribution is -2.21. The summed E-state index contributed by atoms with van der Waals surface area (Å²) in [5, 5.41) is 9.94. The molecule has 0 spiro atoms. The smallest absolute Gasteiger partial charge is 0.475 e. The molecule has 0 atom stereocenters. The summed E-state index contributed by atoms with van der Waals surface area (Å²) in [6.07, 6.45) is -1.79. The van der Waals surface area contributed by atoms with Gasteiger partial charge in [-0.05, 0) is 39.5 Å². The fourth-order valence-corrected chi connectivity index (χ4v) is 3.70. The third kappa shape index (κ3) is 3.18. The Morgan fingerprint density at radius 2 is 1.57 bits per heavy atom. The van der Waals surface area contributed by atoms with Crippen molar-refractivity contribution in [3.63, 3.8) is 0 Å². The molecule has 150 valence electrons. The van der Waals surface area contributed by atoms with Crippen molar-refractivity contribution in [1.29, 1.82) is 0 Å². The van der Waals surface area contributed by atoms with Crippen molar-refractivity contribution in [3.05, 3.63) is 64.7 Å². The molecule has 0 saturated carbocycles. The SMILES string of the molecule is O=C(O)C(F)(F)F.O=C1c2nccc(Br)c2-c2nc3ccccc3c3ccnc1c23. The minimum atomic E-state index is -5.08. The highest BCUT2D eigenvalue weighted by Crippen LogP contribution is 2.42. The average molecular weight is 476 g/mol. The Morgan fingerprint density at radius 3 is 2.27 bits per heavy atom. The maximum absolute atomic E-state index is 12.8. The standard InChI is InChI=1S/C18H8BrN3O.C2HF3O2/c19-11-6-8-21-17-14(11)15-13-10(5-7-20-16(13)18(17)23)9-3-1-2-4-12(9)22-15;3-2(4,5)1(6)7/h1-8H;(H,6,7). The first-order chi connectivity index (χ1) is 14.2. The minimum absolute atomic E-state index is 0.156. The zero-order valence-corrected chi connectivity index (χ0v) is 16.3. The Morgan fingerprint density at radius 1 is 0.933 bits per heavy atom. The van der Waals surface area contributed by atoms with Gasteiger partial charge >= 0.3 is 12.1 Å². The van der Waals surface area contributed by atoms with Gasteiger partial charge in [0.05, 0.1) is 11.2 Å². The van der Waals surface area contributed by atoms with Crippen molar-refractivity contribution < 1.29 is 27.9 Å². The molecule has 0 aliphatic heterocycles. The van der Waals surface area contributed by atoms with Crippen molar-refractivity contribution in [2.75, 3.05) is 0 Å². The summed E-state index contributed by atoms with van der Waals surface area (Å²) in [6, 6.07) is 11.7. The summed E-state index contributed by atoms with van der Waals surface area (Å²) >= 11 is 3.54. The van der Waals surface area contributed by atoms with Gasteiger partial charge in [-0.2, -0.15) is 13.2 Å². The lowest BCUT2D eigenvalue weighted by atomic mass is 9.90. The number of hydrogen-bond donors (Lipinski definition) is 1. The summed E-state index contributed by atoms with van der Waals surface area (Å²) in [4.78, 5) is 35.1. The van der Waals surface area contributed by atoms with Crippen LogP contribution in [0.1, 0.15) is 16.2 Å². The summed E-state index contributed by atoms with van der Waals surface area (Å²) < 4.78 is 32.6. The Kier molecular flexibility index (Phi) is 4.73. The third-order valence-corrected chi connectivity index (χ3v) is 5.08. The molecule has 4 aromatic rings. The number of halogens is 4. The van der Waals surface area contributed by atoms with Crippen LogP contribution < -0.4 is 0 Å². The second-order valence-corrected chi connectivity index (χ2v) is 7.06. The number of pyridine rings is 3. The Labute approximate surface area is 174 Å². The molecule has 3 aromatic heterocycles. The van der Waals surface area contributed by atoms with E-state index in [4.69, 9.17) is 14.9 Å². The number of alkyl halides is 3. The van der Waals surface area contributed by atoms with E-state index in [0.717, 1.165) is 37.4 Å². The lowest BCUT2D eigenvalue weighted by Gasteiger charge is -2.19. The Hall–Kier alpha value is -3.40. The number of nitrogens with zero attached hydrogens (tertiary/aromatic N) is 3. The van der Waals surface area contributed by atoms with E-state index in [1.165, 1.54) is 0 Å². The number of ketones is 1. The van der Waals surface area contributed by atoms with Gasteiger partial charge in [0, 0.05) is 33.2 Å². The van der Waals surface area contributed by atoms with Gasteiger partial charge in [0.1, 0.15) is 11.4 Å². The molecule has 0 fully saturated rings. The molecular weight excluding hydrogens is 467 g/mol. The molecular formula is C20H9BrF3N3O3. The molecule has 1 aromatic carbocycles. The number of aliphatic carboxylic acids is 1. The molecule has 1 aliphatic rings. The van der Waals surface area contributed by atoms with Crippen LogP contribution in [0.2, 0.25) is 0 Å². The molecule has 10 heteroatoms. The number of carbonyl (C=O) groups excluding carboxylic acids is 1. The Bertz CT molecular complexity index is 1360. The summed E-state index contributed by atoms with van der Waals surface area (Å²) in [5.74, 6) is -2.91. The molecule has 0 radical (unpaired) electrons. The maximum atomic E-state index is 12.8. The van der Waals surface area contributed by atoms with Gasteiger partial charge in [-0.25, -0.2) is 9.78 Å². The van der Waals surface area contributed by atoms with Crippen LogP contribution >= 0.6 is 15.9 Å². The van der Waals surface area contributed by atoms with E-state index in [1.807, 2.05) is 36.4 Å². The lowest BCUT2D eigenvalue weighted by molar-refractivity contribution is -0.192. The number of aromatic nitrogens is 3. The van der Waals surface area contributed by atoms with E-state index < -0.39 is 12.1 Å². The van der Waals surface area contributed by atoms with Gasteiger partial charge < -0.3 is 5.11 Å². The molecule has 1 aliphatic carbocycles. The summed E-state index contributed by atoms with van der Waals surface area (Å²) in [5.41, 5.74) is 3.22. The van der Waals surface area contributed by atoms with E-state index >= 15 is 0 Å². The number of carbonyl (C=O) groups is 2. The first-order valence-electron chi connectivity index (χ1n) is 8.37. The van der Waals surface area contributed by atoms with Gasteiger partial charge in [0.15, 0.2) is 0 Å². The second kappa shape index (κ2) is 7.13. The monoisotopic (exact) mass is 475 g/mol. The van der Waals surface area contributed by atoms with Crippen molar-refractivity contribution >= 4 is 49.4 Å². The highest BCUT2D eigenvalue weighted by Gasteiger charge is 2.38. The molecule has 5 rings (SSSR count). The minimum Gasteiger partial charge on any atom is -0.475 e. The van der Waals surface area contributed by atoms with E-state index in [9.17, 15) is 18.0 Å². The molecule has 0 amide bonds. The van der Waals surface area contributed by atoms with Gasteiger partial charge in [-0.3, -0.25) is 14.8 Å². The first kappa shape index (κ1) is 19.9. The van der Waals surface area contributed by atoms with Crippen LogP contribution in [-0.4, -0.2) is 38.0 Å². The van der Waals surface area contributed by atoms with E-state index in [-0.39, 0.29) is 5.78 Å². The molecule has 1 N–H and O–H groups in total. The van der Waals surface area contributed by atoms with Crippen LogP contribution in [0.4, 0.5) is 13.2 Å². The average Bonchev–Trinajstić information content (AvgIpc) is 2.71. The molecule has 0 saturated heterocycles. The highest BCUT2D eigenvalue weighted by atomic mass is 79.9. The number of hydrogen-bond acceptors (Lipinski definition) is 5. The number of fused-ring (bicyclic) bond motifs is 4. The molecule has 3 heterocycles. The van der Waals surface area contributed by atoms with Crippen LogP contribution in [0.3, 0.4) is 0 Å². The van der Waals surface area contributed by atoms with E-state index in [0.29, 0.717) is 11.4 Å². The summed E-state index contributed by atoms with van der Waals surface area (Å²) in [7, 11) is 0. The Balaban J connectivity index is 0.000000272. The van der Waals surface area contributed by atoms with Crippen molar-refractivity contribution in [2.45, 2.75) is 6.18 Å². The fourth-order valence-electron chi connectivity index (χ4n) is 3.20. The third-order valence-electron chi connectivity index (χ3n) is 4.42. The van der Waals surface area contributed by atoms with E-state index in [1.54, 1.807) is 12.4 Å². The topological polar surface area (TPSA) is 93.0 Å². The van der Waals surface area contributed by atoms with Crippen LogP contribution in [0.15, 0.2) is 53.3 Å². The van der Waals surface area contributed by atoms with Crippen LogP contribution in [0.5, 0.6) is 0 Å². The number of carboxylic acid groups (broad SMARTS) is 1. The van der Waals surface area contributed by atoms with Crippen molar-refractivity contribution in [1.82, 2.24) is 15.0 Å². The molecule has 0 unspecified atom stereocenters. The van der Waals surface area contributed by atoms with Crippen LogP contribution in [0.25, 0.3) is 32.9 Å². The van der Waals surface area contributed by atoms with Crippen LogP contribution in [-0.2, 0) is 4.79 Å². The molecule has 6 nitrogen and oxygen atoms in total. The highest BCUT2D eigenvalue weighted by molar-refractivity contribution is 9.10. The second-order valence-electron chi connectivity index (χ2n) is 6.21. The molecule has 0 bridgehead atoms. The zero-order valence-electron chi connectivity index (χ0n) is 14.7. The van der Waals surface area contributed by atoms with Gasteiger partial charge in [-0.15, -0.1) is 0 Å². The number of carboxylic acids is 1. The maximum Gasteiger partial charge on any atom is 0.490 e. The quantitative estimate of drug-likeness (QED) is 0.324. The first-order valence-corrected chi connectivity index (χ1v) is 9.16. The van der Waals surface area contributed by atoms with Gasteiger partial charge in [-0.1, -0.05) is 18.2 Å². The van der Waals surface area contributed by atoms with Gasteiger partial charge in [0.2, 0.25) is 5.78 Å². The summed E-state index contributed by atoms with van der Waals surface area (Å²) in [6.45, 7) is 0.